The maximum atomic E-state index is 13.4. The fraction of sp³-hybridized carbons (Fsp3) is 0.200. The molecule has 2 aromatic rings. The molecule has 0 unspecified atom stereocenters. The van der Waals surface area contributed by atoms with Gasteiger partial charge in [0.15, 0.2) is 0 Å². The standard InChI is InChI=1S/C15H16FNO2/c16-14-4-2-1-3-12(14)10-19-13-7-5-11(6-8-13)15(17)9-18/h1-8,15,18H,9-10,17H2/t15-/m1/s1. The first-order chi connectivity index (χ1) is 9.20. The van der Waals surface area contributed by atoms with Gasteiger partial charge in [-0.15, -0.1) is 0 Å². The molecular formula is C15H16FNO2. The molecule has 3 N–H and O–H groups in total. The van der Waals surface area contributed by atoms with Crippen molar-refractivity contribution < 1.29 is 14.2 Å². The van der Waals surface area contributed by atoms with E-state index in [1.807, 2.05) is 0 Å². The third-order valence-corrected chi connectivity index (χ3v) is 2.86. The van der Waals surface area contributed by atoms with Gasteiger partial charge in [-0.1, -0.05) is 30.3 Å². The molecule has 0 heterocycles. The van der Waals surface area contributed by atoms with Gasteiger partial charge in [-0.05, 0) is 23.8 Å². The third kappa shape index (κ3) is 3.53. The Bertz CT molecular complexity index is 528. The molecule has 0 aliphatic rings. The summed E-state index contributed by atoms with van der Waals surface area (Å²) in [6.45, 7) is 0.0769. The number of hydrogen-bond acceptors (Lipinski definition) is 3. The molecule has 2 rings (SSSR count). The Kier molecular flexibility index (Phi) is 4.49. The van der Waals surface area contributed by atoms with Crippen LogP contribution in [0.5, 0.6) is 5.75 Å². The molecule has 2 aromatic carbocycles. The molecule has 100 valence electrons. The van der Waals surface area contributed by atoms with Gasteiger partial charge in [0, 0.05) is 5.56 Å². The summed E-state index contributed by atoms with van der Waals surface area (Å²) in [6, 6.07) is 13.2. The van der Waals surface area contributed by atoms with Crippen LogP contribution < -0.4 is 10.5 Å². The van der Waals surface area contributed by atoms with Crippen LogP contribution in [0.25, 0.3) is 0 Å². The molecule has 0 radical (unpaired) electrons. The third-order valence-electron chi connectivity index (χ3n) is 2.86. The number of hydrogen-bond donors (Lipinski definition) is 2. The number of ether oxygens (including phenoxy) is 1. The van der Waals surface area contributed by atoms with Crippen molar-refractivity contribution in [1.29, 1.82) is 0 Å². The van der Waals surface area contributed by atoms with Gasteiger partial charge >= 0.3 is 0 Å². The smallest absolute Gasteiger partial charge is 0.129 e. The number of rotatable bonds is 5. The Hall–Kier alpha value is -1.91. The van der Waals surface area contributed by atoms with Gasteiger partial charge in [0.1, 0.15) is 18.2 Å². The predicted octanol–water partition coefficient (Wildman–Crippen LogP) is 2.40. The average molecular weight is 261 g/mol. The van der Waals surface area contributed by atoms with Gasteiger partial charge in [0.2, 0.25) is 0 Å². The maximum Gasteiger partial charge on any atom is 0.129 e. The molecule has 0 saturated heterocycles. The topological polar surface area (TPSA) is 55.5 Å². The second-order valence-corrected chi connectivity index (χ2v) is 4.24. The Morgan fingerprint density at radius 3 is 2.42 bits per heavy atom. The molecule has 19 heavy (non-hydrogen) atoms. The quantitative estimate of drug-likeness (QED) is 0.869. The first-order valence-corrected chi connectivity index (χ1v) is 6.03. The highest BCUT2D eigenvalue weighted by atomic mass is 19.1. The summed E-state index contributed by atoms with van der Waals surface area (Å²) in [6.07, 6.45) is 0. The normalized spacial score (nSPS) is 12.2. The number of nitrogens with two attached hydrogens (primary N) is 1. The molecule has 1 atom stereocenters. The van der Waals surface area contributed by atoms with Crippen LogP contribution >= 0.6 is 0 Å². The fourth-order valence-corrected chi connectivity index (χ4v) is 1.69. The molecule has 0 aliphatic carbocycles. The highest BCUT2D eigenvalue weighted by Crippen LogP contribution is 2.18. The Labute approximate surface area is 111 Å². The van der Waals surface area contributed by atoms with Crippen LogP contribution in [-0.2, 0) is 6.61 Å². The Morgan fingerprint density at radius 2 is 1.79 bits per heavy atom. The van der Waals surface area contributed by atoms with E-state index in [0.717, 1.165) is 5.56 Å². The first kappa shape index (κ1) is 13.5. The van der Waals surface area contributed by atoms with E-state index in [0.29, 0.717) is 11.3 Å². The zero-order valence-corrected chi connectivity index (χ0v) is 10.4. The fourth-order valence-electron chi connectivity index (χ4n) is 1.69. The summed E-state index contributed by atoms with van der Waals surface area (Å²) < 4.78 is 18.9. The van der Waals surface area contributed by atoms with E-state index < -0.39 is 0 Å². The first-order valence-electron chi connectivity index (χ1n) is 6.03. The van der Waals surface area contributed by atoms with Crippen molar-refractivity contribution >= 4 is 0 Å². The van der Waals surface area contributed by atoms with E-state index in [1.54, 1.807) is 42.5 Å². The number of aliphatic hydroxyl groups excluding tert-OH is 1. The van der Waals surface area contributed by atoms with E-state index in [4.69, 9.17) is 15.6 Å². The van der Waals surface area contributed by atoms with Gasteiger partial charge in [0.25, 0.3) is 0 Å². The lowest BCUT2D eigenvalue weighted by molar-refractivity contribution is 0.267. The molecule has 0 fully saturated rings. The van der Waals surface area contributed by atoms with Gasteiger partial charge < -0.3 is 15.6 Å². The van der Waals surface area contributed by atoms with E-state index in [2.05, 4.69) is 0 Å². The molecule has 0 saturated carbocycles. The van der Waals surface area contributed by atoms with E-state index in [9.17, 15) is 4.39 Å². The molecule has 0 spiro atoms. The minimum absolute atomic E-state index is 0.102. The van der Waals surface area contributed by atoms with Crippen LogP contribution in [0, 0.1) is 5.82 Å². The average Bonchev–Trinajstić information content (AvgIpc) is 2.46. The summed E-state index contributed by atoms with van der Waals surface area (Å²) in [5.41, 5.74) is 7.04. The van der Waals surface area contributed by atoms with Crippen molar-refractivity contribution in [3.63, 3.8) is 0 Å². The van der Waals surface area contributed by atoms with Gasteiger partial charge in [-0.25, -0.2) is 4.39 Å². The molecule has 0 aromatic heterocycles. The Morgan fingerprint density at radius 1 is 1.11 bits per heavy atom. The number of halogens is 1. The van der Waals surface area contributed by atoms with Crippen LogP contribution in [0.2, 0.25) is 0 Å². The Balaban J connectivity index is 1.99. The highest BCUT2D eigenvalue weighted by molar-refractivity contribution is 5.29. The molecular weight excluding hydrogens is 245 g/mol. The zero-order valence-electron chi connectivity index (χ0n) is 10.4. The summed E-state index contributed by atoms with van der Waals surface area (Å²) >= 11 is 0. The summed E-state index contributed by atoms with van der Waals surface area (Å²) in [5.74, 6) is 0.360. The lowest BCUT2D eigenvalue weighted by Gasteiger charge is -2.10. The van der Waals surface area contributed by atoms with Gasteiger partial charge in [-0.3, -0.25) is 0 Å². The molecule has 0 bridgehead atoms. The minimum atomic E-state index is -0.388. The molecule has 0 aliphatic heterocycles. The van der Waals surface area contributed by atoms with E-state index in [-0.39, 0.29) is 25.1 Å². The lowest BCUT2D eigenvalue weighted by Crippen LogP contribution is -2.14. The van der Waals surface area contributed by atoms with Crippen molar-refractivity contribution in [2.45, 2.75) is 12.6 Å². The number of aliphatic hydroxyl groups is 1. The van der Waals surface area contributed by atoms with Crippen molar-refractivity contribution in [2.24, 2.45) is 5.73 Å². The van der Waals surface area contributed by atoms with Gasteiger partial charge in [0.05, 0.1) is 12.6 Å². The van der Waals surface area contributed by atoms with Crippen LogP contribution in [0.3, 0.4) is 0 Å². The van der Waals surface area contributed by atoms with Crippen LogP contribution in [-0.4, -0.2) is 11.7 Å². The zero-order chi connectivity index (χ0) is 13.7. The molecule has 4 heteroatoms. The van der Waals surface area contributed by atoms with Gasteiger partial charge in [-0.2, -0.15) is 0 Å². The molecule has 0 amide bonds. The van der Waals surface area contributed by atoms with Crippen LogP contribution in [0.4, 0.5) is 4.39 Å². The van der Waals surface area contributed by atoms with E-state index >= 15 is 0 Å². The summed E-state index contributed by atoms with van der Waals surface area (Å²) in [4.78, 5) is 0. The maximum absolute atomic E-state index is 13.4. The van der Waals surface area contributed by atoms with E-state index in [1.165, 1.54) is 6.07 Å². The van der Waals surface area contributed by atoms with Crippen molar-refractivity contribution in [2.75, 3.05) is 6.61 Å². The lowest BCUT2D eigenvalue weighted by atomic mass is 10.1. The van der Waals surface area contributed by atoms with Crippen molar-refractivity contribution in [1.82, 2.24) is 0 Å². The summed E-state index contributed by atoms with van der Waals surface area (Å²) in [7, 11) is 0. The predicted molar refractivity (Wildman–Crippen MR) is 71.2 cm³/mol. The largest absolute Gasteiger partial charge is 0.489 e. The highest BCUT2D eigenvalue weighted by Gasteiger charge is 2.05. The summed E-state index contributed by atoms with van der Waals surface area (Å²) in [5, 5.41) is 8.94. The second-order valence-electron chi connectivity index (χ2n) is 4.24. The van der Waals surface area contributed by atoms with Crippen molar-refractivity contribution in [3.8, 4) is 5.75 Å². The number of benzene rings is 2. The van der Waals surface area contributed by atoms with Crippen molar-refractivity contribution in [3.05, 3.63) is 65.5 Å². The van der Waals surface area contributed by atoms with Crippen LogP contribution in [0.1, 0.15) is 17.2 Å². The minimum Gasteiger partial charge on any atom is -0.489 e. The SMILES string of the molecule is N[C@H](CO)c1ccc(OCc2ccccc2F)cc1. The van der Waals surface area contributed by atoms with Crippen LogP contribution in [0.15, 0.2) is 48.5 Å². The second kappa shape index (κ2) is 6.31. The monoisotopic (exact) mass is 261 g/mol. The molecule has 3 nitrogen and oxygen atoms in total.